The molecular weight excluding hydrogens is 377 g/mol. The zero-order valence-corrected chi connectivity index (χ0v) is 15.4. The molecule has 0 bridgehead atoms. The molecule has 0 aromatic carbocycles. The highest BCUT2D eigenvalue weighted by Gasteiger charge is 2.48. The molecular formula is C19H19F3N2O2S. The van der Waals surface area contributed by atoms with Crippen LogP contribution in [-0.2, 0) is 16.4 Å². The maximum atomic E-state index is 13.1. The Morgan fingerprint density at radius 1 is 1.26 bits per heavy atom. The number of amides is 1. The molecule has 2 aliphatic rings. The van der Waals surface area contributed by atoms with Crippen molar-refractivity contribution in [1.29, 1.82) is 0 Å². The van der Waals surface area contributed by atoms with Crippen molar-refractivity contribution in [2.24, 2.45) is 0 Å². The van der Waals surface area contributed by atoms with Crippen LogP contribution in [0.5, 0.6) is 5.88 Å². The van der Waals surface area contributed by atoms with Crippen molar-refractivity contribution >= 4 is 17.2 Å². The van der Waals surface area contributed by atoms with Gasteiger partial charge in [0, 0.05) is 17.1 Å². The lowest BCUT2D eigenvalue weighted by Gasteiger charge is -2.43. The fourth-order valence-corrected chi connectivity index (χ4v) is 4.88. The first-order chi connectivity index (χ1) is 12.9. The summed E-state index contributed by atoms with van der Waals surface area (Å²) in [5, 5.41) is 1.99. The minimum absolute atomic E-state index is 0.0595. The van der Waals surface area contributed by atoms with E-state index in [2.05, 4.69) is 4.98 Å². The average molecular weight is 396 g/mol. The van der Waals surface area contributed by atoms with E-state index in [4.69, 9.17) is 4.74 Å². The number of alkyl halides is 3. The lowest BCUT2D eigenvalue weighted by Crippen LogP contribution is -2.60. The summed E-state index contributed by atoms with van der Waals surface area (Å²) in [6, 6.07) is 5.80. The van der Waals surface area contributed by atoms with E-state index in [1.54, 1.807) is 16.2 Å². The van der Waals surface area contributed by atoms with Crippen LogP contribution in [0.15, 0.2) is 35.8 Å². The SMILES string of the molecule is O=C(N1CC(Oc2cc(C(F)(F)F)ccn2)C1)C1(c2cccs2)CCCC1. The summed E-state index contributed by atoms with van der Waals surface area (Å²) in [4.78, 5) is 19.9. The van der Waals surface area contributed by atoms with Gasteiger partial charge in [0.1, 0.15) is 6.10 Å². The Morgan fingerprint density at radius 3 is 2.63 bits per heavy atom. The predicted octanol–water partition coefficient (Wildman–Crippen LogP) is 4.26. The van der Waals surface area contributed by atoms with Crippen molar-refractivity contribution in [2.45, 2.75) is 43.4 Å². The molecule has 2 fully saturated rings. The average Bonchev–Trinajstić information content (AvgIpc) is 3.28. The van der Waals surface area contributed by atoms with Crippen LogP contribution in [-0.4, -0.2) is 35.0 Å². The van der Waals surface area contributed by atoms with Gasteiger partial charge in [-0.1, -0.05) is 18.9 Å². The molecule has 2 aromatic heterocycles. The van der Waals surface area contributed by atoms with Gasteiger partial charge in [0.25, 0.3) is 0 Å². The second kappa shape index (κ2) is 6.82. The number of pyridine rings is 1. The van der Waals surface area contributed by atoms with Crippen molar-refractivity contribution in [2.75, 3.05) is 13.1 Å². The highest BCUT2D eigenvalue weighted by atomic mass is 32.1. The maximum Gasteiger partial charge on any atom is 0.416 e. The number of rotatable bonds is 4. The summed E-state index contributed by atoms with van der Waals surface area (Å²) in [5.74, 6) is 0.0510. The van der Waals surface area contributed by atoms with Crippen LogP contribution >= 0.6 is 11.3 Å². The highest BCUT2D eigenvalue weighted by molar-refractivity contribution is 7.10. The molecule has 27 heavy (non-hydrogen) atoms. The molecule has 0 unspecified atom stereocenters. The summed E-state index contributed by atoms with van der Waals surface area (Å²) in [6.07, 6.45) is 0.0960. The molecule has 4 rings (SSSR count). The predicted molar refractivity (Wildman–Crippen MR) is 94.7 cm³/mol. The molecule has 1 amide bonds. The van der Waals surface area contributed by atoms with Crippen LogP contribution in [0.2, 0.25) is 0 Å². The number of ether oxygens (including phenoxy) is 1. The summed E-state index contributed by atoms with van der Waals surface area (Å²) in [6.45, 7) is 0.758. The first-order valence-electron chi connectivity index (χ1n) is 8.92. The lowest BCUT2D eigenvalue weighted by atomic mass is 9.82. The van der Waals surface area contributed by atoms with E-state index in [1.807, 2.05) is 17.5 Å². The van der Waals surface area contributed by atoms with E-state index < -0.39 is 17.2 Å². The van der Waals surface area contributed by atoms with Gasteiger partial charge in [-0.2, -0.15) is 13.2 Å². The third kappa shape index (κ3) is 3.42. The molecule has 0 N–H and O–H groups in total. The number of halogens is 3. The van der Waals surface area contributed by atoms with Crippen molar-refractivity contribution in [3.8, 4) is 5.88 Å². The molecule has 144 valence electrons. The molecule has 8 heteroatoms. The molecule has 1 aliphatic carbocycles. The molecule has 4 nitrogen and oxygen atoms in total. The topological polar surface area (TPSA) is 42.4 Å². The van der Waals surface area contributed by atoms with E-state index in [0.717, 1.165) is 48.9 Å². The first-order valence-corrected chi connectivity index (χ1v) is 9.80. The Hall–Kier alpha value is -2.09. The number of thiophene rings is 1. The van der Waals surface area contributed by atoms with Gasteiger partial charge in [-0.25, -0.2) is 4.98 Å². The number of hydrogen-bond donors (Lipinski definition) is 0. The van der Waals surface area contributed by atoms with E-state index in [9.17, 15) is 18.0 Å². The van der Waals surface area contributed by atoms with Gasteiger partial charge in [0.05, 0.1) is 24.1 Å². The third-order valence-electron chi connectivity index (χ3n) is 5.34. The first kappa shape index (κ1) is 18.3. The number of likely N-dealkylation sites (tertiary alicyclic amines) is 1. The van der Waals surface area contributed by atoms with Gasteiger partial charge in [-0.15, -0.1) is 11.3 Å². The Balaban J connectivity index is 1.40. The van der Waals surface area contributed by atoms with Crippen LogP contribution in [0, 0.1) is 0 Å². The summed E-state index contributed by atoms with van der Waals surface area (Å²) < 4.78 is 43.9. The summed E-state index contributed by atoms with van der Waals surface area (Å²) >= 11 is 1.61. The number of nitrogens with zero attached hydrogens (tertiary/aromatic N) is 2. The second-order valence-electron chi connectivity index (χ2n) is 7.10. The largest absolute Gasteiger partial charge is 0.471 e. The van der Waals surface area contributed by atoms with Gasteiger partial charge in [-0.05, 0) is 30.4 Å². The molecule has 1 aliphatic heterocycles. The Kier molecular flexibility index (Phi) is 4.61. The van der Waals surface area contributed by atoms with Crippen LogP contribution in [0.4, 0.5) is 13.2 Å². The Morgan fingerprint density at radius 2 is 2.00 bits per heavy atom. The second-order valence-corrected chi connectivity index (χ2v) is 8.04. The van der Waals surface area contributed by atoms with Gasteiger partial charge in [-0.3, -0.25) is 4.79 Å². The van der Waals surface area contributed by atoms with E-state index >= 15 is 0 Å². The van der Waals surface area contributed by atoms with Gasteiger partial charge in [0.15, 0.2) is 0 Å². The van der Waals surface area contributed by atoms with E-state index in [-0.39, 0.29) is 17.9 Å². The van der Waals surface area contributed by atoms with Crippen LogP contribution in [0.25, 0.3) is 0 Å². The standard InChI is InChI=1S/C19H19F3N2O2S/c20-19(21,22)13-5-8-23-16(10-13)26-14-11-24(12-14)17(25)18(6-1-2-7-18)15-4-3-9-27-15/h3-5,8-10,14H,1-2,6-7,11-12H2. The fraction of sp³-hybridized carbons (Fsp3) is 0.474. The van der Waals surface area contributed by atoms with Gasteiger partial charge in [0.2, 0.25) is 11.8 Å². The normalized spacial score (nSPS) is 19.7. The minimum Gasteiger partial charge on any atom is -0.471 e. The van der Waals surface area contributed by atoms with Crippen molar-refractivity contribution < 1.29 is 22.7 Å². The molecule has 0 radical (unpaired) electrons. The monoisotopic (exact) mass is 396 g/mol. The van der Waals surface area contributed by atoms with Gasteiger partial charge < -0.3 is 9.64 Å². The van der Waals surface area contributed by atoms with Crippen molar-refractivity contribution in [3.63, 3.8) is 0 Å². The van der Waals surface area contributed by atoms with Crippen molar-refractivity contribution in [3.05, 3.63) is 46.3 Å². The number of hydrogen-bond acceptors (Lipinski definition) is 4. The number of carbonyl (C=O) groups is 1. The summed E-state index contributed by atoms with van der Waals surface area (Å²) in [5.41, 5.74) is -1.23. The van der Waals surface area contributed by atoms with E-state index in [0.29, 0.717) is 13.1 Å². The zero-order valence-electron chi connectivity index (χ0n) is 14.5. The molecule has 1 saturated carbocycles. The van der Waals surface area contributed by atoms with Crippen LogP contribution in [0.1, 0.15) is 36.1 Å². The summed E-state index contributed by atoms with van der Waals surface area (Å²) in [7, 11) is 0. The maximum absolute atomic E-state index is 13.1. The molecule has 0 atom stereocenters. The van der Waals surface area contributed by atoms with E-state index in [1.165, 1.54) is 0 Å². The quantitative estimate of drug-likeness (QED) is 0.775. The number of carbonyl (C=O) groups excluding carboxylic acids is 1. The van der Waals surface area contributed by atoms with Gasteiger partial charge >= 0.3 is 6.18 Å². The molecule has 2 aromatic rings. The fourth-order valence-electron chi connectivity index (χ4n) is 3.90. The van der Waals surface area contributed by atoms with Crippen LogP contribution in [0.3, 0.4) is 0 Å². The molecule has 3 heterocycles. The Bertz CT molecular complexity index is 811. The molecule has 0 spiro atoms. The highest BCUT2D eigenvalue weighted by Crippen LogP contribution is 2.45. The van der Waals surface area contributed by atoms with Crippen LogP contribution < -0.4 is 4.74 Å². The zero-order chi connectivity index (χ0) is 19.1. The number of aromatic nitrogens is 1. The third-order valence-corrected chi connectivity index (χ3v) is 6.42. The van der Waals surface area contributed by atoms with Crippen molar-refractivity contribution in [1.82, 2.24) is 9.88 Å². The lowest BCUT2D eigenvalue weighted by molar-refractivity contribution is -0.146. The Labute approximate surface area is 159 Å². The molecule has 1 saturated heterocycles. The smallest absolute Gasteiger partial charge is 0.416 e. The minimum atomic E-state index is -4.43.